The molecule has 31 heavy (non-hydrogen) atoms. The first kappa shape index (κ1) is 24.2. The predicted octanol–water partition coefficient (Wildman–Crippen LogP) is 5.37. The summed E-state index contributed by atoms with van der Waals surface area (Å²) in [5, 5.41) is 4.05. The van der Waals surface area contributed by atoms with Crippen molar-refractivity contribution in [2.24, 2.45) is 0 Å². The van der Waals surface area contributed by atoms with E-state index < -0.39 is 10.0 Å². The van der Waals surface area contributed by atoms with Gasteiger partial charge in [0.2, 0.25) is 5.91 Å². The van der Waals surface area contributed by atoms with Gasteiger partial charge in [-0.15, -0.1) is 0 Å². The highest BCUT2D eigenvalue weighted by Gasteiger charge is 2.28. The summed E-state index contributed by atoms with van der Waals surface area (Å²) in [7, 11) is -3.99. The fraction of sp³-hybridized carbons (Fsp3) is 0.409. The van der Waals surface area contributed by atoms with Crippen LogP contribution >= 0.6 is 35.0 Å². The van der Waals surface area contributed by atoms with Crippen LogP contribution in [0.3, 0.4) is 0 Å². The van der Waals surface area contributed by atoms with E-state index in [1.54, 1.807) is 24.3 Å². The van der Waals surface area contributed by atoms with Crippen molar-refractivity contribution in [3.63, 3.8) is 0 Å². The molecule has 0 bridgehead atoms. The minimum Gasteiger partial charge on any atom is -0.354 e. The molecule has 1 fully saturated rings. The highest BCUT2D eigenvalue weighted by Crippen LogP contribution is 2.32. The molecule has 2 aromatic carbocycles. The number of carbonyl (C=O) groups excluding carboxylic acids is 1. The Morgan fingerprint density at radius 2 is 1.77 bits per heavy atom. The van der Waals surface area contributed by atoms with Crippen LogP contribution in [0, 0.1) is 0 Å². The number of sulfonamides is 1. The third kappa shape index (κ3) is 6.78. The highest BCUT2D eigenvalue weighted by atomic mass is 35.5. The number of hydrogen-bond acceptors (Lipinski definition) is 4. The molecule has 0 heterocycles. The molecular weight excluding hydrogens is 475 g/mol. The average Bonchev–Trinajstić information content (AvgIpc) is 2.77. The van der Waals surface area contributed by atoms with Crippen LogP contribution in [-0.4, -0.2) is 38.4 Å². The van der Waals surface area contributed by atoms with Gasteiger partial charge in [-0.2, -0.15) is 11.8 Å². The minimum atomic E-state index is -3.99. The molecule has 1 saturated carbocycles. The Bertz CT molecular complexity index is 982. The third-order valence-electron chi connectivity index (χ3n) is 5.13. The Morgan fingerprint density at radius 1 is 1.06 bits per heavy atom. The first-order valence-corrected chi connectivity index (χ1v) is 13.5. The van der Waals surface area contributed by atoms with Crippen molar-refractivity contribution in [2.75, 3.05) is 23.1 Å². The molecule has 168 valence electrons. The molecule has 1 aliphatic rings. The lowest BCUT2D eigenvalue weighted by Gasteiger charge is -2.25. The van der Waals surface area contributed by atoms with Gasteiger partial charge in [-0.05, 0) is 43.2 Å². The molecular formula is C22H26Cl2N2O3S2. The van der Waals surface area contributed by atoms with Crippen LogP contribution in [0.1, 0.15) is 32.1 Å². The van der Waals surface area contributed by atoms with Crippen molar-refractivity contribution in [1.29, 1.82) is 0 Å². The number of carbonyl (C=O) groups is 1. The highest BCUT2D eigenvalue weighted by molar-refractivity contribution is 7.99. The van der Waals surface area contributed by atoms with Crippen molar-refractivity contribution < 1.29 is 13.2 Å². The maximum Gasteiger partial charge on any atom is 0.264 e. The number of halogens is 2. The van der Waals surface area contributed by atoms with Crippen LogP contribution < -0.4 is 9.62 Å². The Labute approximate surface area is 198 Å². The van der Waals surface area contributed by atoms with E-state index in [1.807, 2.05) is 11.8 Å². The molecule has 2 aromatic rings. The van der Waals surface area contributed by atoms with E-state index in [2.05, 4.69) is 5.32 Å². The van der Waals surface area contributed by atoms with Gasteiger partial charge in [0.15, 0.2) is 0 Å². The van der Waals surface area contributed by atoms with E-state index in [1.165, 1.54) is 56.4 Å². The van der Waals surface area contributed by atoms with E-state index >= 15 is 0 Å². The number of amides is 1. The van der Waals surface area contributed by atoms with Crippen LogP contribution in [-0.2, 0) is 14.8 Å². The van der Waals surface area contributed by atoms with Crippen molar-refractivity contribution in [2.45, 2.75) is 42.2 Å². The van der Waals surface area contributed by atoms with Crippen LogP contribution in [0.5, 0.6) is 0 Å². The second-order valence-corrected chi connectivity index (χ2v) is 11.5. The van der Waals surface area contributed by atoms with Crippen molar-refractivity contribution in [3.8, 4) is 0 Å². The first-order chi connectivity index (χ1) is 14.9. The number of hydrogen-bond donors (Lipinski definition) is 1. The molecule has 0 saturated heterocycles. The van der Waals surface area contributed by atoms with Gasteiger partial charge in [-0.1, -0.05) is 60.7 Å². The summed E-state index contributed by atoms with van der Waals surface area (Å²) < 4.78 is 27.6. The van der Waals surface area contributed by atoms with Gasteiger partial charge in [0.25, 0.3) is 10.0 Å². The molecule has 0 aliphatic heterocycles. The molecule has 1 aliphatic carbocycles. The normalized spacial score (nSPS) is 14.9. The smallest absolute Gasteiger partial charge is 0.264 e. The Kier molecular flexibility index (Phi) is 8.95. The van der Waals surface area contributed by atoms with Crippen molar-refractivity contribution >= 4 is 56.6 Å². The number of nitrogens with zero attached hydrogens (tertiary/aromatic N) is 1. The van der Waals surface area contributed by atoms with Crippen LogP contribution in [0.2, 0.25) is 10.0 Å². The fourth-order valence-electron chi connectivity index (χ4n) is 3.54. The molecule has 9 heteroatoms. The van der Waals surface area contributed by atoms with Gasteiger partial charge in [-0.3, -0.25) is 9.10 Å². The summed E-state index contributed by atoms with van der Waals surface area (Å²) in [6, 6.07) is 12.5. The van der Waals surface area contributed by atoms with Crippen LogP contribution in [0.15, 0.2) is 53.4 Å². The lowest BCUT2D eigenvalue weighted by molar-refractivity contribution is -0.119. The maximum absolute atomic E-state index is 13.3. The number of nitrogens with one attached hydrogen (secondary N) is 1. The van der Waals surface area contributed by atoms with Crippen molar-refractivity contribution in [1.82, 2.24) is 5.32 Å². The summed E-state index contributed by atoms with van der Waals surface area (Å²) in [6.07, 6.45) is 6.33. The molecule has 0 unspecified atom stereocenters. The fourth-order valence-corrected chi connectivity index (χ4v) is 6.78. The summed E-state index contributed by atoms with van der Waals surface area (Å²) in [6.45, 7) is 0.125. The lowest BCUT2D eigenvalue weighted by Crippen LogP contribution is -2.41. The number of benzene rings is 2. The molecule has 0 aromatic heterocycles. The molecule has 3 rings (SSSR count). The van der Waals surface area contributed by atoms with E-state index in [9.17, 15) is 13.2 Å². The van der Waals surface area contributed by atoms with Gasteiger partial charge in [0.05, 0.1) is 15.6 Å². The monoisotopic (exact) mass is 500 g/mol. The number of thioether (sulfide) groups is 1. The zero-order valence-electron chi connectivity index (χ0n) is 17.1. The van der Waals surface area contributed by atoms with Crippen LogP contribution in [0.25, 0.3) is 0 Å². The quantitative estimate of drug-likeness (QED) is 0.469. The predicted molar refractivity (Wildman–Crippen MR) is 130 cm³/mol. The van der Waals surface area contributed by atoms with E-state index in [-0.39, 0.29) is 28.1 Å². The summed E-state index contributed by atoms with van der Waals surface area (Å²) in [5.74, 6) is 0.429. The third-order valence-corrected chi connectivity index (χ3v) is 8.82. The molecule has 0 spiro atoms. The summed E-state index contributed by atoms with van der Waals surface area (Å²) in [4.78, 5) is 12.7. The Morgan fingerprint density at radius 3 is 2.45 bits per heavy atom. The molecule has 5 nitrogen and oxygen atoms in total. The van der Waals surface area contributed by atoms with E-state index in [0.29, 0.717) is 16.8 Å². The number of anilines is 1. The molecule has 0 atom stereocenters. The zero-order valence-corrected chi connectivity index (χ0v) is 20.2. The Balaban J connectivity index is 1.70. The van der Waals surface area contributed by atoms with E-state index in [0.717, 1.165) is 10.1 Å². The van der Waals surface area contributed by atoms with Gasteiger partial charge in [-0.25, -0.2) is 8.42 Å². The average molecular weight is 502 g/mol. The van der Waals surface area contributed by atoms with E-state index in [4.69, 9.17) is 23.2 Å². The summed E-state index contributed by atoms with van der Waals surface area (Å²) in [5.41, 5.74) is 0.210. The zero-order chi connectivity index (χ0) is 22.3. The SMILES string of the molecule is O=C(CN(c1ccc(Cl)cc1Cl)S(=O)(=O)c1ccccc1)NCCSC1CCCCC1. The maximum atomic E-state index is 13.3. The minimum absolute atomic E-state index is 0.0849. The number of rotatable bonds is 9. The molecule has 1 N–H and O–H groups in total. The summed E-state index contributed by atoms with van der Waals surface area (Å²) >= 11 is 14.1. The second-order valence-electron chi connectivity index (χ2n) is 7.40. The molecule has 0 radical (unpaired) electrons. The second kappa shape index (κ2) is 11.5. The Hall–Kier alpha value is -1.41. The largest absolute Gasteiger partial charge is 0.354 e. The topological polar surface area (TPSA) is 66.5 Å². The lowest BCUT2D eigenvalue weighted by atomic mass is 10.0. The van der Waals surface area contributed by atoms with Crippen molar-refractivity contribution in [3.05, 3.63) is 58.6 Å². The standard InChI is InChI=1S/C22H26Cl2N2O3S2/c23-17-11-12-21(20(24)15-17)26(31(28,29)19-9-5-2-6-10-19)16-22(27)25-13-14-30-18-7-3-1-4-8-18/h2,5-6,9-12,15,18H,1,3-4,7-8,13-14,16H2,(H,25,27). The molecule has 1 amide bonds. The van der Waals surface area contributed by atoms with Gasteiger partial charge < -0.3 is 5.32 Å². The van der Waals surface area contributed by atoms with Gasteiger partial charge >= 0.3 is 0 Å². The van der Waals surface area contributed by atoms with Gasteiger partial charge in [0.1, 0.15) is 6.54 Å². The van der Waals surface area contributed by atoms with Crippen LogP contribution in [0.4, 0.5) is 5.69 Å². The van der Waals surface area contributed by atoms with Gasteiger partial charge in [0, 0.05) is 22.6 Å². The first-order valence-electron chi connectivity index (χ1n) is 10.3.